The number of rotatable bonds is 11. The number of nitrogens with two attached hydrogens (primary N) is 2. The van der Waals surface area contributed by atoms with Crippen LogP contribution in [0.15, 0.2) is 89.0 Å². The normalized spacial score (nSPS) is 18.4. The van der Waals surface area contributed by atoms with Crippen molar-refractivity contribution < 1.29 is 19.1 Å². The summed E-state index contributed by atoms with van der Waals surface area (Å²) in [6, 6.07) is 16.9. The van der Waals surface area contributed by atoms with Gasteiger partial charge in [-0.1, -0.05) is 59.8 Å². The van der Waals surface area contributed by atoms with Crippen LogP contribution in [-0.4, -0.2) is 82.9 Å². The van der Waals surface area contributed by atoms with Gasteiger partial charge in [0.1, 0.15) is 12.1 Å². The van der Waals surface area contributed by atoms with E-state index in [1.165, 1.54) is 16.7 Å². The number of halogens is 1. The number of ether oxygens (including phenoxy) is 1. The number of aromatic amines is 1. The van der Waals surface area contributed by atoms with Crippen LogP contribution in [0.1, 0.15) is 48.8 Å². The minimum Gasteiger partial charge on any atom is -0.481 e. The molecule has 3 aromatic heterocycles. The predicted molar refractivity (Wildman–Crippen MR) is 224 cm³/mol. The number of hydrogen-bond donors (Lipinski definition) is 6. The summed E-state index contributed by atoms with van der Waals surface area (Å²) >= 11 is 8.45. The van der Waals surface area contributed by atoms with E-state index in [9.17, 15) is 14.4 Å². The molecular formula is C42H50ClN9O4S. The Labute approximate surface area is 342 Å². The van der Waals surface area contributed by atoms with Crippen molar-refractivity contribution >= 4 is 52.0 Å². The van der Waals surface area contributed by atoms with Gasteiger partial charge in [-0.3, -0.25) is 19.4 Å². The van der Waals surface area contributed by atoms with Crippen molar-refractivity contribution in [2.24, 2.45) is 11.5 Å². The molecule has 1 aliphatic heterocycles. The highest BCUT2D eigenvalue weighted by Gasteiger charge is 2.34. The Morgan fingerprint density at radius 1 is 0.930 bits per heavy atom. The zero-order valence-corrected chi connectivity index (χ0v) is 33.8. The van der Waals surface area contributed by atoms with E-state index in [2.05, 4.69) is 25.9 Å². The monoisotopic (exact) mass is 811 g/mol. The SMILES string of the molecule is COc1cc(-c2ncc(Cl)c3c2Sc2ccccc2CN[C@@H](CCCN)C(=O)N[C@@H](CCCCN)C(=O)N(C)[C@@H](Cc2c[nH]c4ccccc24)C(=O)NC3)ccn1. The van der Waals surface area contributed by atoms with Gasteiger partial charge in [0, 0.05) is 83.0 Å². The second-order valence-corrected chi connectivity index (χ2v) is 15.5. The number of H-pyrrole nitrogens is 1. The van der Waals surface area contributed by atoms with Gasteiger partial charge in [-0.2, -0.15) is 0 Å². The van der Waals surface area contributed by atoms with Gasteiger partial charge in [-0.05, 0) is 74.5 Å². The first-order valence-electron chi connectivity index (χ1n) is 19.2. The zero-order valence-electron chi connectivity index (χ0n) is 32.2. The molecule has 3 amide bonds. The first-order valence-corrected chi connectivity index (χ1v) is 20.4. The van der Waals surface area contributed by atoms with Crippen LogP contribution in [0.25, 0.3) is 22.2 Å². The molecule has 0 fully saturated rings. The van der Waals surface area contributed by atoms with Crippen molar-refractivity contribution in [2.45, 2.75) is 79.5 Å². The zero-order chi connectivity index (χ0) is 40.3. The number of nitrogens with zero attached hydrogens (tertiary/aromatic N) is 3. The van der Waals surface area contributed by atoms with E-state index in [1.807, 2.05) is 60.8 Å². The summed E-state index contributed by atoms with van der Waals surface area (Å²) in [6.07, 6.45) is 8.01. The van der Waals surface area contributed by atoms with Crippen LogP contribution < -0.4 is 32.2 Å². The molecule has 0 saturated carbocycles. The Morgan fingerprint density at radius 3 is 2.51 bits per heavy atom. The van der Waals surface area contributed by atoms with Crippen molar-refractivity contribution in [3.8, 4) is 17.1 Å². The first-order chi connectivity index (χ1) is 27.7. The number of nitrogens with one attached hydrogen (secondary N) is 4. The number of hydrogen-bond acceptors (Lipinski definition) is 10. The fraction of sp³-hybridized carbons (Fsp3) is 0.357. The standard InChI is InChI=1S/C42H50ClN9O4S/c1-52-35(20-28-23-47-32-12-5-4-11-29(28)32)41(54)50-24-30-31(43)25-49-38(26-16-19-46-37(21-26)56-2)39(30)57-36-15-6-3-10-27(36)22-48-33(14-9-18-45)40(53)51-34(42(52)55)13-7-8-17-44/h3-6,10-12,15-16,19,21,23,25,33-35,47-48H,7-9,13-14,17-18,20,22,24,44-45H2,1-2H3,(H,50,54)(H,51,53)/t33-,34-,35-/m0/s1. The Balaban J connectivity index is 1.47. The summed E-state index contributed by atoms with van der Waals surface area (Å²) in [5.41, 5.74) is 16.5. The number of aromatic nitrogens is 3. The van der Waals surface area contributed by atoms with Crippen LogP contribution in [0, 0.1) is 0 Å². The average Bonchev–Trinajstić information content (AvgIpc) is 3.64. The molecule has 300 valence electrons. The van der Waals surface area contributed by atoms with Crippen LogP contribution in [0.5, 0.6) is 5.88 Å². The number of unbranched alkanes of at least 4 members (excludes halogenated alkanes) is 1. The summed E-state index contributed by atoms with van der Waals surface area (Å²) < 4.78 is 5.45. The number of amides is 3. The van der Waals surface area contributed by atoms with Gasteiger partial charge in [0.2, 0.25) is 23.6 Å². The quantitative estimate of drug-likeness (QED) is 0.0995. The van der Waals surface area contributed by atoms with Gasteiger partial charge >= 0.3 is 0 Å². The lowest BCUT2D eigenvalue weighted by molar-refractivity contribution is -0.142. The molecule has 4 heterocycles. The van der Waals surface area contributed by atoms with E-state index >= 15 is 0 Å². The Hall–Kier alpha value is -4.99. The summed E-state index contributed by atoms with van der Waals surface area (Å²) in [7, 11) is 3.17. The van der Waals surface area contributed by atoms with Gasteiger partial charge in [0.25, 0.3) is 0 Å². The van der Waals surface area contributed by atoms with Crippen molar-refractivity contribution in [1.82, 2.24) is 35.8 Å². The third-order valence-corrected chi connectivity index (χ3v) is 11.8. The molecule has 0 aliphatic carbocycles. The molecule has 15 heteroatoms. The molecule has 2 aromatic carbocycles. The molecule has 0 radical (unpaired) electrons. The summed E-state index contributed by atoms with van der Waals surface area (Å²) in [6.45, 7) is 1.24. The predicted octanol–water partition coefficient (Wildman–Crippen LogP) is 4.95. The van der Waals surface area contributed by atoms with E-state index in [1.54, 1.807) is 32.6 Å². The van der Waals surface area contributed by atoms with Crippen molar-refractivity contribution in [2.75, 3.05) is 27.2 Å². The minimum atomic E-state index is -0.950. The molecule has 57 heavy (non-hydrogen) atoms. The van der Waals surface area contributed by atoms with E-state index in [-0.39, 0.29) is 30.7 Å². The summed E-state index contributed by atoms with van der Waals surface area (Å²) in [4.78, 5) is 58.8. The number of likely N-dealkylation sites (N-methyl/N-ethyl adjacent to an activating group) is 1. The van der Waals surface area contributed by atoms with E-state index in [0.717, 1.165) is 37.4 Å². The van der Waals surface area contributed by atoms with E-state index in [4.69, 9.17) is 32.8 Å². The Morgan fingerprint density at radius 2 is 1.70 bits per heavy atom. The Bertz CT molecular complexity index is 2180. The molecule has 0 unspecified atom stereocenters. The molecule has 13 nitrogen and oxygen atoms in total. The van der Waals surface area contributed by atoms with E-state index < -0.39 is 18.1 Å². The first kappa shape index (κ1) is 41.6. The number of fused-ring (bicyclic) bond motifs is 3. The molecule has 0 saturated heterocycles. The highest BCUT2D eigenvalue weighted by Crippen LogP contribution is 2.41. The lowest BCUT2D eigenvalue weighted by atomic mass is 10.0. The van der Waals surface area contributed by atoms with Gasteiger partial charge in [0.15, 0.2) is 0 Å². The number of carbonyl (C=O) groups excluding carboxylic acids is 3. The number of carbonyl (C=O) groups is 3. The van der Waals surface area contributed by atoms with Gasteiger partial charge in [-0.25, -0.2) is 4.98 Å². The fourth-order valence-electron chi connectivity index (χ4n) is 7.03. The highest BCUT2D eigenvalue weighted by atomic mass is 35.5. The molecule has 0 spiro atoms. The molecule has 3 atom stereocenters. The van der Waals surface area contributed by atoms with Gasteiger partial charge < -0.3 is 42.0 Å². The molecule has 5 aromatic rings. The largest absolute Gasteiger partial charge is 0.481 e. The molecule has 0 bridgehead atoms. The summed E-state index contributed by atoms with van der Waals surface area (Å²) in [5.74, 6) is -0.655. The Kier molecular flexibility index (Phi) is 14.6. The van der Waals surface area contributed by atoms with Crippen LogP contribution >= 0.6 is 23.4 Å². The molecule has 8 N–H and O–H groups in total. The number of methoxy groups -OCH3 is 1. The number of para-hydroxylation sites is 1. The smallest absolute Gasteiger partial charge is 0.245 e. The molecule has 6 rings (SSSR count). The van der Waals surface area contributed by atoms with E-state index in [0.29, 0.717) is 73.9 Å². The summed E-state index contributed by atoms with van der Waals surface area (Å²) in [5, 5.41) is 11.0. The van der Waals surface area contributed by atoms with Crippen molar-refractivity contribution in [3.63, 3.8) is 0 Å². The number of benzene rings is 2. The third kappa shape index (κ3) is 10.1. The third-order valence-electron chi connectivity index (χ3n) is 10.2. The number of pyridine rings is 2. The van der Waals surface area contributed by atoms with Crippen molar-refractivity contribution in [1.29, 1.82) is 0 Å². The lowest BCUT2D eigenvalue weighted by Gasteiger charge is -2.32. The lowest BCUT2D eigenvalue weighted by Crippen LogP contribution is -2.57. The average molecular weight is 812 g/mol. The molecule has 1 aliphatic rings. The second-order valence-electron chi connectivity index (χ2n) is 14.0. The second kappa shape index (κ2) is 19.9. The van der Waals surface area contributed by atoms with Crippen molar-refractivity contribution in [3.05, 3.63) is 101 Å². The van der Waals surface area contributed by atoms with Crippen LogP contribution in [-0.2, 0) is 33.9 Å². The minimum absolute atomic E-state index is 0.0440. The van der Waals surface area contributed by atoms with Gasteiger partial charge in [-0.15, -0.1) is 0 Å². The topological polar surface area (TPSA) is 193 Å². The highest BCUT2D eigenvalue weighted by molar-refractivity contribution is 7.99. The van der Waals surface area contributed by atoms with Crippen LogP contribution in [0.4, 0.5) is 0 Å². The van der Waals surface area contributed by atoms with Gasteiger partial charge in [0.05, 0.1) is 23.9 Å². The maximum Gasteiger partial charge on any atom is 0.245 e. The maximum atomic E-state index is 14.6. The molecular weight excluding hydrogens is 762 g/mol. The fourth-order valence-corrected chi connectivity index (χ4v) is 8.50. The van der Waals surface area contributed by atoms with Crippen LogP contribution in [0.3, 0.4) is 0 Å². The maximum absolute atomic E-state index is 14.6. The van der Waals surface area contributed by atoms with Crippen LogP contribution in [0.2, 0.25) is 5.02 Å².